The number of benzene rings is 2. The van der Waals surface area contributed by atoms with Crippen LogP contribution in [0.5, 0.6) is 0 Å². The molecule has 0 saturated carbocycles. The number of aromatic nitrogens is 2. The number of H-pyrrole nitrogens is 1. The maximum Gasteiger partial charge on any atom is 0.338 e. The molecule has 1 heterocycles. The summed E-state index contributed by atoms with van der Waals surface area (Å²) >= 11 is 2.72. The van der Waals surface area contributed by atoms with Gasteiger partial charge in [-0.2, -0.15) is 0 Å². The number of hydrogen-bond donors (Lipinski definition) is 2. The van der Waals surface area contributed by atoms with E-state index in [1.54, 1.807) is 36.0 Å². The average Bonchev–Trinajstić information content (AvgIpc) is 2.80. The molecule has 0 atom stereocenters. The molecular formula is C23H23N3O4S2. The molecule has 7 nitrogen and oxygen atoms in total. The van der Waals surface area contributed by atoms with E-state index in [9.17, 15) is 14.4 Å². The largest absolute Gasteiger partial charge is 0.462 e. The van der Waals surface area contributed by atoms with Crippen LogP contribution in [0.2, 0.25) is 0 Å². The monoisotopic (exact) mass is 469 g/mol. The molecule has 3 aromatic rings. The summed E-state index contributed by atoms with van der Waals surface area (Å²) in [5, 5.41) is 3.13. The zero-order chi connectivity index (χ0) is 22.8. The van der Waals surface area contributed by atoms with Crippen molar-refractivity contribution in [2.45, 2.75) is 29.1 Å². The Morgan fingerprint density at radius 1 is 1.06 bits per heavy atom. The first-order valence-electron chi connectivity index (χ1n) is 10.0. The van der Waals surface area contributed by atoms with E-state index in [2.05, 4.69) is 15.3 Å². The smallest absolute Gasteiger partial charge is 0.338 e. The van der Waals surface area contributed by atoms with Crippen molar-refractivity contribution < 1.29 is 14.3 Å². The Morgan fingerprint density at radius 3 is 2.66 bits per heavy atom. The van der Waals surface area contributed by atoms with E-state index < -0.39 is 5.97 Å². The number of amides is 1. The Morgan fingerprint density at radius 2 is 1.88 bits per heavy atom. The number of anilines is 1. The van der Waals surface area contributed by atoms with Crippen molar-refractivity contribution in [2.24, 2.45) is 0 Å². The Balaban J connectivity index is 1.55. The second-order valence-electron chi connectivity index (χ2n) is 6.70. The molecule has 0 fully saturated rings. The predicted octanol–water partition coefficient (Wildman–Crippen LogP) is 4.36. The molecule has 0 bridgehead atoms. The van der Waals surface area contributed by atoms with Gasteiger partial charge < -0.3 is 15.0 Å². The van der Waals surface area contributed by atoms with Gasteiger partial charge in [-0.05, 0) is 36.8 Å². The lowest BCUT2D eigenvalue weighted by molar-refractivity contribution is -0.113. The van der Waals surface area contributed by atoms with Gasteiger partial charge in [-0.3, -0.25) is 9.59 Å². The van der Waals surface area contributed by atoms with Crippen molar-refractivity contribution in [1.82, 2.24) is 9.97 Å². The van der Waals surface area contributed by atoms with Crippen molar-refractivity contribution in [3.05, 3.63) is 82.3 Å². The van der Waals surface area contributed by atoms with Gasteiger partial charge in [0, 0.05) is 22.4 Å². The fraction of sp³-hybridized carbons (Fsp3) is 0.217. The van der Waals surface area contributed by atoms with E-state index in [4.69, 9.17) is 4.74 Å². The highest BCUT2D eigenvalue weighted by molar-refractivity contribution is 7.99. The SMILES string of the molecule is CCCOC(=O)c1cccc(NC(=O)CSc2nc(CSc3ccccc3)cc(=O)[nH]2)c1. The van der Waals surface area contributed by atoms with E-state index in [1.807, 2.05) is 37.3 Å². The summed E-state index contributed by atoms with van der Waals surface area (Å²) in [5.41, 5.74) is 1.25. The minimum Gasteiger partial charge on any atom is -0.462 e. The average molecular weight is 470 g/mol. The van der Waals surface area contributed by atoms with Gasteiger partial charge in [0.25, 0.3) is 5.56 Å². The van der Waals surface area contributed by atoms with E-state index in [1.165, 1.54) is 6.07 Å². The summed E-state index contributed by atoms with van der Waals surface area (Å²) in [6.45, 7) is 2.27. The zero-order valence-corrected chi connectivity index (χ0v) is 19.1. The first-order chi connectivity index (χ1) is 15.5. The number of carbonyl (C=O) groups excluding carboxylic acids is 2. The first-order valence-corrected chi connectivity index (χ1v) is 12.0. The summed E-state index contributed by atoms with van der Waals surface area (Å²) in [6.07, 6.45) is 0.738. The fourth-order valence-corrected chi connectivity index (χ4v) is 4.14. The fourth-order valence-electron chi connectivity index (χ4n) is 2.63. The van der Waals surface area contributed by atoms with Gasteiger partial charge in [-0.15, -0.1) is 11.8 Å². The minimum absolute atomic E-state index is 0.0583. The normalized spacial score (nSPS) is 10.5. The lowest BCUT2D eigenvalue weighted by Gasteiger charge is -2.08. The van der Waals surface area contributed by atoms with Crippen LogP contribution >= 0.6 is 23.5 Å². The standard InChI is InChI=1S/C23H23N3O4S2/c1-2-11-30-22(29)16-7-6-8-17(12-16)24-21(28)15-32-23-25-18(13-20(27)26-23)14-31-19-9-4-3-5-10-19/h3-10,12-13H,2,11,14-15H2,1H3,(H,24,28)(H,25,26,27). The van der Waals surface area contributed by atoms with E-state index in [0.717, 1.165) is 23.1 Å². The van der Waals surface area contributed by atoms with E-state index in [0.29, 0.717) is 34.5 Å². The molecule has 0 aliphatic heterocycles. The molecule has 32 heavy (non-hydrogen) atoms. The zero-order valence-electron chi connectivity index (χ0n) is 17.5. The molecule has 0 unspecified atom stereocenters. The maximum atomic E-state index is 12.3. The minimum atomic E-state index is -0.427. The molecule has 0 saturated heterocycles. The van der Waals surface area contributed by atoms with Crippen LogP contribution in [0.4, 0.5) is 5.69 Å². The molecule has 166 valence electrons. The molecule has 2 N–H and O–H groups in total. The van der Waals surface area contributed by atoms with Crippen LogP contribution in [0.1, 0.15) is 29.4 Å². The van der Waals surface area contributed by atoms with Crippen LogP contribution in [-0.2, 0) is 15.3 Å². The summed E-state index contributed by atoms with van der Waals surface area (Å²) in [5.74, 6) is -0.0952. The van der Waals surface area contributed by atoms with Crippen molar-refractivity contribution in [2.75, 3.05) is 17.7 Å². The number of carbonyl (C=O) groups is 2. The number of nitrogens with one attached hydrogen (secondary N) is 2. The topological polar surface area (TPSA) is 101 Å². The highest BCUT2D eigenvalue weighted by Gasteiger charge is 2.10. The van der Waals surface area contributed by atoms with E-state index >= 15 is 0 Å². The molecule has 0 aliphatic carbocycles. The summed E-state index contributed by atoms with van der Waals surface area (Å²) in [4.78, 5) is 44.5. The molecule has 1 amide bonds. The number of thioether (sulfide) groups is 2. The van der Waals surface area contributed by atoms with Gasteiger partial charge in [-0.25, -0.2) is 9.78 Å². The molecule has 0 radical (unpaired) electrons. The number of hydrogen-bond acceptors (Lipinski definition) is 7. The molecule has 1 aromatic heterocycles. The number of nitrogens with zero attached hydrogens (tertiary/aromatic N) is 1. The van der Waals surface area contributed by atoms with Crippen molar-refractivity contribution >= 4 is 41.1 Å². The number of aromatic amines is 1. The summed E-state index contributed by atoms with van der Waals surface area (Å²) in [7, 11) is 0. The summed E-state index contributed by atoms with van der Waals surface area (Å²) in [6, 6.07) is 17.9. The van der Waals surface area contributed by atoms with Gasteiger partial charge in [0.15, 0.2) is 5.16 Å². The Bertz CT molecular complexity index is 1120. The lowest BCUT2D eigenvalue weighted by atomic mass is 10.2. The third kappa shape index (κ3) is 7.58. The molecule has 9 heteroatoms. The van der Waals surface area contributed by atoms with Gasteiger partial charge >= 0.3 is 5.97 Å². The predicted molar refractivity (Wildman–Crippen MR) is 127 cm³/mol. The van der Waals surface area contributed by atoms with Crippen molar-refractivity contribution in [1.29, 1.82) is 0 Å². The molecule has 0 aliphatic rings. The third-order valence-electron chi connectivity index (χ3n) is 4.06. The van der Waals surface area contributed by atoms with Gasteiger partial charge in [0.2, 0.25) is 5.91 Å². The summed E-state index contributed by atoms with van der Waals surface area (Å²) < 4.78 is 5.11. The van der Waals surface area contributed by atoms with Crippen LogP contribution in [0.25, 0.3) is 0 Å². The van der Waals surface area contributed by atoms with Gasteiger partial charge in [0.1, 0.15) is 0 Å². The Labute approximate surface area is 194 Å². The van der Waals surface area contributed by atoms with Crippen molar-refractivity contribution in [3.63, 3.8) is 0 Å². The van der Waals surface area contributed by atoms with Crippen LogP contribution in [-0.4, -0.2) is 34.2 Å². The number of ether oxygens (including phenoxy) is 1. The van der Waals surface area contributed by atoms with E-state index in [-0.39, 0.29) is 17.2 Å². The van der Waals surface area contributed by atoms with Crippen LogP contribution in [0.15, 0.2) is 75.5 Å². The van der Waals surface area contributed by atoms with Crippen LogP contribution < -0.4 is 10.9 Å². The first kappa shape index (κ1) is 23.6. The third-order valence-corrected chi connectivity index (χ3v) is 5.98. The lowest BCUT2D eigenvalue weighted by Crippen LogP contribution is -2.16. The Hall–Kier alpha value is -3.04. The number of esters is 1. The molecule has 2 aromatic carbocycles. The highest BCUT2D eigenvalue weighted by Crippen LogP contribution is 2.22. The second kappa shape index (κ2) is 12.1. The second-order valence-corrected chi connectivity index (χ2v) is 8.71. The van der Waals surface area contributed by atoms with Crippen LogP contribution in [0, 0.1) is 0 Å². The molecule has 3 rings (SSSR count). The Kier molecular flexibility index (Phi) is 8.94. The quantitative estimate of drug-likeness (QED) is 0.258. The molecule has 0 spiro atoms. The van der Waals surface area contributed by atoms with Gasteiger partial charge in [0.05, 0.1) is 23.6 Å². The number of rotatable bonds is 10. The maximum absolute atomic E-state index is 12.3. The van der Waals surface area contributed by atoms with Gasteiger partial charge in [-0.1, -0.05) is 43.0 Å². The van der Waals surface area contributed by atoms with Crippen molar-refractivity contribution in [3.8, 4) is 0 Å². The molecular weight excluding hydrogens is 446 g/mol. The van der Waals surface area contributed by atoms with Crippen LogP contribution in [0.3, 0.4) is 0 Å². The highest BCUT2D eigenvalue weighted by atomic mass is 32.2.